The third-order valence-electron chi connectivity index (χ3n) is 2.63. The average Bonchev–Trinajstić information content (AvgIpc) is 2.30. The largest absolute Gasteiger partial charge is 0.381 e. The Morgan fingerprint density at radius 3 is 2.24 bits per heavy atom. The van der Waals surface area contributed by atoms with E-state index in [-0.39, 0.29) is 11.6 Å². The maximum absolute atomic E-state index is 12.9. The number of anilines is 1. The van der Waals surface area contributed by atoms with E-state index >= 15 is 0 Å². The fourth-order valence-electron chi connectivity index (χ4n) is 1.62. The quantitative estimate of drug-likeness (QED) is 0.848. The molecule has 0 fully saturated rings. The minimum atomic E-state index is -0.256. The van der Waals surface area contributed by atoms with Crippen molar-refractivity contribution in [1.82, 2.24) is 0 Å². The first-order valence-corrected chi connectivity index (χ1v) is 5.39. The summed E-state index contributed by atoms with van der Waals surface area (Å²) < 4.78 is 25.6. The molecule has 0 aliphatic heterocycles. The Kier molecular flexibility index (Phi) is 3.38. The molecule has 0 atom stereocenters. The van der Waals surface area contributed by atoms with Crippen molar-refractivity contribution in [2.45, 2.75) is 13.5 Å². The minimum absolute atomic E-state index is 0.229. The molecule has 0 radical (unpaired) electrons. The Hall–Kier alpha value is -1.90. The van der Waals surface area contributed by atoms with Gasteiger partial charge in [0.1, 0.15) is 11.6 Å². The lowest BCUT2D eigenvalue weighted by atomic mass is 10.1. The highest BCUT2D eigenvalue weighted by molar-refractivity contribution is 5.44. The van der Waals surface area contributed by atoms with Crippen molar-refractivity contribution in [3.05, 3.63) is 65.2 Å². The fraction of sp³-hybridized carbons (Fsp3) is 0.143. The highest BCUT2D eigenvalue weighted by Gasteiger charge is 2.00. The van der Waals surface area contributed by atoms with E-state index in [1.54, 1.807) is 18.2 Å². The molecule has 0 saturated heterocycles. The first-order valence-electron chi connectivity index (χ1n) is 5.39. The summed E-state index contributed by atoms with van der Waals surface area (Å²) >= 11 is 0. The molecule has 2 rings (SSSR count). The molecule has 0 aromatic heterocycles. The molecule has 0 unspecified atom stereocenters. The van der Waals surface area contributed by atoms with Crippen LogP contribution in [0.15, 0.2) is 42.5 Å². The second-order valence-electron chi connectivity index (χ2n) is 3.93. The zero-order valence-corrected chi connectivity index (χ0v) is 9.50. The maximum atomic E-state index is 12.9. The smallest absolute Gasteiger partial charge is 0.123 e. The Balaban J connectivity index is 2.04. The van der Waals surface area contributed by atoms with Crippen molar-refractivity contribution < 1.29 is 8.78 Å². The summed E-state index contributed by atoms with van der Waals surface area (Å²) in [5.74, 6) is -0.485. The molecule has 0 bridgehead atoms. The summed E-state index contributed by atoms with van der Waals surface area (Å²) in [5, 5.41) is 3.16. The zero-order valence-electron chi connectivity index (χ0n) is 9.50. The summed E-state index contributed by atoms with van der Waals surface area (Å²) in [5.41, 5.74) is 2.77. The fourth-order valence-corrected chi connectivity index (χ4v) is 1.62. The summed E-state index contributed by atoms with van der Waals surface area (Å²) in [6.07, 6.45) is 0. The number of aryl methyl sites for hydroxylation is 1. The van der Waals surface area contributed by atoms with Gasteiger partial charge in [-0.1, -0.05) is 6.07 Å². The lowest BCUT2D eigenvalue weighted by molar-refractivity contribution is 0.625. The SMILES string of the molecule is Cc1cc(F)ccc1CNc1ccc(F)cc1. The van der Waals surface area contributed by atoms with E-state index in [1.807, 2.05) is 6.92 Å². The molecule has 0 amide bonds. The van der Waals surface area contributed by atoms with Crippen molar-refractivity contribution >= 4 is 5.69 Å². The van der Waals surface area contributed by atoms with Crippen LogP contribution in [0, 0.1) is 18.6 Å². The van der Waals surface area contributed by atoms with Gasteiger partial charge in [0.25, 0.3) is 0 Å². The lowest BCUT2D eigenvalue weighted by Gasteiger charge is -2.09. The zero-order chi connectivity index (χ0) is 12.3. The molecule has 0 spiro atoms. The van der Waals surface area contributed by atoms with E-state index in [2.05, 4.69) is 5.32 Å². The van der Waals surface area contributed by atoms with Crippen LogP contribution >= 0.6 is 0 Å². The first kappa shape index (κ1) is 11.6. The molecule has 0 saturated carbocycles. The van der Waals surface area contributed by atoms with Gasteiger partial charge in [0.05, 0.1) is 0 Å². The van der Waals surface area contributed by atoms with Gasteiger partial charge in [-0.15, -0.1) is 0 Å². The van der Waals surface area contributed by atoms with Crippen LogP contribution in [0.1, 0.15) is 11.1 Å². The highest BCUT2D eigenvalue weighted by atomic mass is 19.1. The second kappa shape index (κ2) is 4.95. The number of hydrogen-bond acceptors (Lipinski definition) is 1. The molecule has 2 aromatic carbocycles. The van der Waals surface area contributed by atoms with Gasteiger partial charge in [-0.2, -0.15) is 0 Å². The van der Waals surface area contributed by atoms with Crippen LogP contribution in [0.4, 0.5) is 14.5 Å². The van der Waals surface area contributed by atoms with Crippen molar-refractivity contribution in [2.24, 2.45) is 0 Å². The van der Waals surface area contributed by atoms with Gasteiger partial charge in [0, 0.05) is 12.2 Å². The molecule has 0 aliphatic carbocycles. The molecule has 1 nitrogen and oxygen atoms in total. The van der Waals surface area contributed by atoms with Gasteiger partial charge in [0.2, 0.25) is 0 Å². The van der Waals surface area contributed by atoms with Crippen LogP contribution in [0.3, 0.4) is 0 Å². The van der Waals surface area contributed by atoms with Crippen molar-refractivity contribution in [3.63, 3.8) is 0 Å². The second-order valence-corrected chi connectivity index (χ2v) is 3.93. The number of nitrogens with one attached hydrogen (secondary N) is 1. The number of rotatable bonds is 3. The molecule has 0 heterocycles. The standard InChI is InChI=1S/C14H13F2N/c1-10-8-13(16)3-2-11(10)9-17-14-6-4-12(15)5-7-14/h2-8,17H,9H2,1H3. The molecular weight excluding hydrogens is 220 g/mol. The summed E-state index contributed by atoms with van der Waals surface area (Å²) in [6.45, 7) is 2.46. The van der Waals surface area contributed by atoms with Gasteiger partial charge in [-0.05, 0) is 54.4 Å². The van der Waals surface area contributed by atoms with Crippen LogP contribution in [0.5, 0.6) is 0 Å². The van der Waals surface area contributed by atoms with Gasteiger partial charge in [-0.25, -0.2) is 8.78 Å². The molecular formula is C14H13F2N. The van der Waals surface area contributed by atoms with Crippen molar-refractivity contribution in [3.8, 4) is 0 Å². The van der Waals surface area contributed by atoms with E-state index in [1.165, 1.54) is 24.3 Å². The van der Waals surface area contributed by atoms with Gasteiger partial charge in [-0.3, -0.25) is 0 Å². The van der Waals surface area contributed by atoms with Crippen LogP contribution in [-0.4, -0.2) is 0 Å². The first-order chi connectivity index (χ1) is 8.15. The Bertz CT molecular complexity index is 506. The Morgan fingerprint density at radius 1 is 0.941 bits per heavy atom. The van der Waals surface area contributed by atoms with E-state index in [0.717, 1.165) is 16.8 Å². The van der Waals surface area contributed by atoms with E-state index in [9.17, 15) is 8.78 Å². The Labute approximate surface area is 99.1 Å². The van der Waals surface area contributed by atoms with Crippen LogP contribution in [0.25, 0.3) is 0 Å². The normalized spacial score (nSPS) is 10.3. The molecule has 0 aliphatic rings. The highest BCUT2D eigenvalue weighted by Crippen LogP contribution is 2.14. The molecule has 88 valence electrons. The van der Waals surface area contributed by atoms with Crippen molar-refractivity contribution in [2.75, 3.05) is 5.32 Å². The van der Waals surface area contributed by atoms with Crippen molar-refractivity contribution in [1.29, 1.82) is 0 Å². The monoisotopic (exact) mass is 233 g/mol. The topological polar surface area (TPSA) is 12.0 Å². The Morgan fingerprint density at radius 2 is 1.59 bits per heavy atom. The third-order valence-corrected chi connectivity index (χ3v) is 2.63. The third kappa shape index (κ3) is 3.03. The average molecular weight is 233 g/mol. The van der Waals surface area contributed by atoms with E-state index in [0.29, 0.717) is 6.54 Å². The molecule has 2 aromatic rings. The van der Waals surface area contributed by atoms with Crippen LogP contribution < -0.4 is 5.32 Å². The van der Waals surface area contributed by atoms with Gasteiger partial charge < -0.3 is 5.32 Å². The molecule has 1 N–H and O–H groups in total. The summed E-state index contributed by atoms with van der Waals surface area (Å²) in [4.78, 5) is 0. The molecule has 17 heavy (non-hydrogen) atoms. The lowest BCUT2D eigenvalue weighted by Crippen LogP contribution is -2.01. The predicted octanol–water partition coefficient (Wildman–Crippen LogP) is 3.89. The number of benzene rings is 2. The van der Waals surface area contributed by atoms with E-state index in [4.69, 9.17) is 0 Å². The number of hydrogen-bond donors (Lipinski definition) is 1. The van der Waals surface area contributed by atoms with Gasteiger partial charge in [0.15, 0.2) is 0 Å². The summed E-state index contributed by atoms with van der Waals surface area (Å²) in [6, 6.07) is 10.8. The van der Waals surface area contributed by atoms with Crippen LogP contribution in [-0.2, 0) is 6.54 Å². The maximum Gasteiger partial charge on any atom is 0.123 e. The predicted molar refractivity (Wildman–Crippen MR) is 64.9 cm³/mol. The number of halogens is 2. The molecule has 3 heteroatoms. The van der Waals surface area contributed by atoms with Crippen LogP contribution in [0.2, 0.25) is 0 Å². The van der Waals surface area contributed by atoms with Gasteiger partial charge >= 0.3 is 0 Å². The summed E-state index contributed by atoms with van der Waals surface area (Å²) in [7, 11) is 0. The minimum Gasteiger partial charge on any atom is -0.381 e. The van der Waals surface area contributed by atoms with E-state index < -0.39 is 0 Å².